The van der Waals surface area contributed by atoms with Crippen LogP contribution in [0, 0.1) is 5.92 Å². The fourth-order valence-corrected chi connectivity index (χ4v) is 2.32. The highest BCUT2D eigenvalue weighted by Gasteiger charge is 2.21. The lowest BCUT2D eigenvalue weighted by atomic mass is 9.99. The van der Waals surface area contributed by atoms with Gasteiger partial charge in [-0.15, -0.1) is 12.4 Å². The Labute approximate surface area is 132 Å². The number of nitrogens with one attached hydrogen (secondary N) is 2. The van der Waals surface area contributed by atoms with Crippen LogP contribution in [-0.4, -0.2) is 25.6 Å². The molecule has 1 saturated heterocycles. The van der Waals surface area contributed by atoms with Crippen molar-refractivity contribution in [2.75, 3.05) is 18.4 Å². The highest BCUT2D eigenvalue weighted by molar-refractivity contribution is 6.32. The van der Waals surface area contributed by atoms with E-state index in [1.807, 2.05) is 0 Å². The van der Waals surface area contributed by atoms with Crippen LogP contribution < -0.4 is 15.4 Å². The second-order valence-corrected chi connectivity index (χ2v) is 4.96. The van der Waals surface area contributed by atoms with Crippen molar-refractivity contribution in [1.82, 2.24) is 5.32 Å². The maximum absolute atomic E-state index is 12.1. The molecule has 0 aromatic heterocycles. The zero-order valence-electron chi connectivity index (χ0n) is 11.1. The second kappa shape index (κ2) is 8.36. The number of ether oxygens (including phenoxy) is 1. The minimum absolute atomic E-state index is 0. The first-order valence-electron chi connectivity index (χ1n) is 6.32. The Kier molecular flexibility index (Phi) is 7.14. The quantitative estimate of drug-likeness (QED) is 0.884. The molecule has 1 aliphatic rings. The van der Waals surface area contributed by atoms with E-state index >= 15 is 0 Å². The summed E-state index contributed by atoms with van der Waals surface area (Å²) in [7, 11) is 0. The molecule has 4 nitrogen and oxygen atoms in total. The molecular weight excluding hydrogens is 325 g/mol. The van der Waals surface area contributed by atoms with Crippen molar-refractivity contribution in [2.24, 2.45) is 5.92 Å². The lowest BCUT2D eigenvalue weighted by Crippen LogP contribution is -2.37. The van der Waals surface area contributed by atoms with Gasteiger partial charge in [0.1, 0.15) is 5.75 Å². The number of carbonyl (C=O) groups excluding carboxylic acids is 1. The van der Waals surface area contributed by atoms with Gasteiger partial charge in [0.25, 0.3) is 0 Å². The molecule has 1 aromatic rings. The van der Waals surface area contributed by atoms with Crippen molar-refractivity contribution < 1.29 is 18.3 Å². The van der Waals surface area contributed by atoms with Gasteiger partial charge in [-0.1, -0.05) is 11.6 Å². The molecular formula is C13H16Cl2F2N2O2. The largest absolute Gasteiger partial charge is 0.433 e. The van der Waals surface area contributed by atoms with Gasteiger partial charge in [-0.05, 0) is 37.6 Å². The number of anilines is 1. The summed E-state index contributed by atoms with van der Waals surface area (Å²) < 4.78 is 28.4. The zero-order chi connectivity index (χ0) is 14.5. The van der Waals surface area contributed by atoms with E-state index in [1.165, 1.54) is 18.2 Å². The number of hydrogen-bond donors (Lipinski definition) is 2. The maximum Gasteiger partial charge on any atom is 0.387 e. The summed E-state index contributed by atoms with van der Waals surface area (Å²) in [6.07, 6.45) is 1.79. The highest BCUT2D eigenvalue weighted by Crippen LogP contribution is 2.29. The van der Waals surface area contributed by atoms with Gasteiger partial charge in [0.2, 0.25) is 5.91 Å². The van der Waals surface area contributed by atoms with Crippen molar-refractivity contribution in [2.45, 2.75) is 19.5 Å². The van der Waals surface area contributed by atoms with E-state index in [0.717, 1.165) is 19.4 Å². The van der Waals surface area contributed by atoms with Crippen LogP contribution in [-0.2, 0) is 4.79 Å². The summed E-state index contributed by atoms with van der Waals surface area (Å²) >= 11 is 5.82. The van der Waals surface area contributed by atoms with Gasteiger partial charge in [-0.25, -0.2) is 0 Å². The molecule has 2 rings (SSSR count). The van der Waals surface area contributed by atoms with E-state index < -0.39 is 6.61 Å². The Bertz CT molecular complexity index is 483. The number of amides is 1. The lowest BCUT2D eigenvalue weighted by molar-refractivity contribution is -0.120. The van der Waals surface area contributed by atoms with Crippen molar-refractivity contribution in [1.29, 1.82) is 0 Å². The Hall–Kier alpha value is -1.11. The second-order valence-electron chi connectivity index (χ2n) is 4.56. The molecule has 1 atom stereocenters. The lowest BCUT2D eigenvalue weighted by Gasteiger charge is -2.22. The third-order valence-corrected chi connectivity index (χ3v) is 3.38. The highest BCUT2D eigenvalue weighted by atomic mass is 35.5. The summed E-state index contributed by atoms with van der Waals surface area (Å²) in [5.41, 5.74) is 0.465. The minimum Gasteiger partial charge on any atom is -0.433 e. The number of piperidine rings is 1. The third-order valence-electron chi connectivity index (χ3n) is 3.08. The van der Waals surface area contributed by atoms with Crippen molar-refractivity contribution >= 4 is 35.6 Å². The average Bonchev–Trinajstić information content (AvgIpc) is 2.42. The first-order valence-corrected chi connectivity index (χ1v) is 6.70. The van der Waals surface area contributed by atoms with Gasteiger partial charge in [0, 0.05) is 12.2 Å². The van der Waals surface area contributed by atoms with Crippen LogP contribution >= 0.6 is 24.0 Å². The van der Waals surface area contributed by atoms with Crippen LogP contribution in [0.2, 0.25) is 5.02 Å². The molecule has 8 heteroatoms. The molecule has 1 fully saturated rings. The van der Waals surface area contributed by atoms with Crippen LogP contribution in [0.15, 0.2) is 18.2 Å². The molecule has 0 spiro atoms. The first-order chi connectivity index (χ1) is 9.56. The van der Waals surface area contributed by atoms with Crippen LogP contribution in [0.3, 0.4) is 0 Å². The fraction of sp³-hybridized carbons (Fsp3) is 0.462. The number of halogens is 4. The summed E-state index contributed by atoms with van der Waals surface area (Å²) in [5, 5.41) is 5.91. The first kappa shape index (κ1) is 17.9. The van der Waals surface area contributed by atoms with Crippen LogP contribution in [0.5, 0.6) is 5.75 Å². The molecule has 2 N–H and O–H groups in total. The number of rotatable bonds is 4. The summed E-state index contributed by atoms with van der Waals surface area (Å²) in [6.45, 7) is -1.36. The molecule has 0 aliphatic carbocycles. The smallest absolute Gasteiger partial charge is 0.387 e. The molecule has 21 heavy (non-hydrogen) atoms. The molecule has 1 unspecified atom stereocenters. The predicted octanol–water partition coefficient (Wildman–Crippen LogP) is 3.30. The summed E-state index contributed by atoms with van der Waals surface area (Å²) in [6, 6.07) is 4.19. The van der Waals surface area contributed by atoms with Gasteiger partial charge < -0.3 is 15.4 Å². The standard InChI is InChI=1S/C13H15ClF2N2O2.ClH/c14-10-6-9(3-4-11(10)20-13(15)16)18-12(19)8-2-1-5-17-7-8;/h3-4,6,8,13,17H,1-2,5,7H2,(H,18,19);1H. The van der Waals surface area contributed by atoms with E-state index in [-0.39, 0.29) is 35.0 Å². The van der Waals surface area contributed by atoms with Crippen molar-refractivity contribution in [3.63, 3.8) is 0 Å². The van der Waals surface area contributed by atoms with E-state index in [9.17, 15) is 13.6 Å². The van der Waals surface area contributed by atoms with Crippen LogP contribution in [0.25, 0.3) is 0 Å². The molecule has 0 radical (unpaired) electrons. The number of hydrogen-bond acceptors (Lipinski definition) is 3. The van der Waals surface area contributed by atoms with Gasteiger partial charge in [0.15, 0.2) is 0 Å². The molecule has 1 aliphatic heterocycles. The van der Waals surface area contributed by atoms with Crippen molar-refractivity contribution in [3.8, 4) is 5.75 Å². The molecule has 0 saturated carbocycles. The molecule has 1 aromatic carbocycles. The normalized spacial score (nSPS) is 18.0. The van der Waals surface area contributed by atoms with Gasteiger partial charge in [-0.3, -0.25) is 4.79 Å². The average molecular weight is 341 g/mol. The van der Waals surface area contributed by atoms with E-state index in [1.54, 1.807) is 0 Å². The Morgan fingerprint density at radius 3 is 2.81 bits per heavy atom. The molecule has 0 bridgehead atoms. The fourth-order valence-electron chi connectivity index (χ4n) is 2.09. The third kappa shape index (κ3) is 5.30. The van der Waals surface area contributed by atoms with Crippen LogP contribution in [0.1, 0.15) is 12.8 Å². The molecule has 1 amide bonds. The van der Waals surface area contributed by atoms with E-state index in [0.29, 0.717) is 12.2 Å². The van der Waals surface area contributed by atoms with Crippen molar-refractivity contribution in [3.05, 3.63) is 23.2 Å². The van der Waals surface area contributed by atoms with Gasteiger partial charge >= 0.3 is 6.61 Å². The van der Waals surface area contributed by atoms with Gasteiger partial charge in [-0.2, -0.15) is 8.78 Å². The monoisotopic (exact) mass is 340 g/mol. The SMILES string of the molecule is Cl.O=C(Nc1ccc(OC(F)F)c(Cl)c1)C1CCCNC1. The topological polar surface area (TPSA) is 50.4 Å². The molecule has 1 heterocycles. The summed E-state index contributed by atoms with van der Waals surface area (Å²) in [5.74, 6) is -0.297. The Balaban J connectivity index is 0.00000220. The zero-order valence-corrected chi connectivity index (χ0v) is 12.6. The van der Waals surface area contributed by atoms with E-state index in [2.05, 4.69) is 15.4 Å². The maximum atomic E-state index is 12.1. The number of benzene rings is 1. The van der Waals surface area contributed by atoms with Crippen LogP contribution in [0.4, 0.5) is 14.5 Å². The molecule has 118 valence electrons. The predicted molar refractivity (Wildman–Crippen MR) is 79.6 cm³/mol. The van der Waals surface area contributed by atoms with Gasteiger partial charge in [0.05, 0.1) is 10.9 Å². The Morgan fingerprint density at radius 2 is 2.24 bits per heavy atom. The Morgan fingerprint density at radius 1 is 1.48 bits per heavy atom. The summed E-state index contributed by atoms with van der Waals surface area (Å²) in [4.78, 5) is 12.0. The number of carbonyl (C=O) groups is 1. The minimum atomic E-state index is -2.93. The number of alkyl halides is 2. The van der Waals surface area contributed by atoms with E-state index in [4.69, 9.17) is 11.6 Å².